The molecule has 1 aromatic heterocycles. The molecule has 0 N–H and O–H groups in total. The van der Waals surface area contributed by atoms with E-state index < -0.39 is 28.0 Å². The Bertz CT molecular complexity index is 652. The van der Waals surface area contributed by atoms with Crippen molar-refractivity contribution in [2.24, 2.45) is 0 Å². The van der Waals surface area contributed by atoms with E-state index in [1.54, 1.807) is 0 Å². The number of rotatable bonds is 4. The Hall–Kier alpha value is -2.35. The van der Waals surface area contributed by atoms with Crippen LogP contribution in [0.4, 0.5) is 14.5 Å². The second-order valence-electron chi connectivity index (χ2n) is 3.61. The Morgan fingerprint density at radius 3 is 2.60 bits per heavy atom. The third kappa shape index (κ3) is 3.15. The van der Waals surface area contributed by atoms with Crippen molar-refractivity contribution in [3.05, 3.63) is 57.1 Å². The second-order valence-corrected chi connectivity index (χ2v) is 4.00. The van der Waals surface area contributed by atoms with Crippen molar-refractivity contribution in [3.8, 4) is 5.75 Å². The normalized spacial score (nSPS) is 10.3. The fourth-order valence-electron chi connectivity index (χ4n) is 1.33. The highest BCUT2D eigenvalue weighted by Gasteiger charge is 2.19. The third-order valence-electron chi connectivity index (χ3n) is 2.25. The van der Waals surface area contributed by atoms with Gasteiger partial charge in [-0.05, 0) is 0 Å². The van der Waals surface area contributed by atoms with Gasteiger partial charge in [0.15, 0.2) is 11.6 Å². The van der Waals surface area contributed by atoms with E-state index in [0.29, 0.717) is 17.8 Å². The van der Waals surface area contributed by atoms with Crippen LogP contribution in [0.15, 0.2) is 24.5 Å². The Morgan fingerprint density at radius 1 is 1.25 bits per heavy atom. The van der Waals surface area contributed by atoms with Crippen LogP contribution >= 0.6 is 11.6 Å². The first-order valence-corrected chi connectivity index (χ1v) is 5.58. The average Bonchev–Trinajstić information content (AvgIpc) is 2.41. The van der Waals surface area contributed by atoms with Crippen molar-refractivity contribution < 1.29 is 18.4 Å². The molecule has 0 radical (unpaired) electrons. The summed E-state index contributed by atoms with van der Waals surface area (Å²) in [7, 11) is 0. The van der Waals surface area contributed by atoms with Crippen molar-refractivity contribution in [2.75, 3.05) is 0 Å². The summed E-state index contributed by atoms with van der Waals surface area (Å²) in [5.41, 5.74) is -0.617. The first kappa shape index (κ1) is 14.1. The van der Waals surface area contributed by atoms with Gasteiger partial charge in [-0.25, -0.2) is 9.37 Å². The summed E-state index contributed by atoms with van der Waals surface area (Å²) in [5, 5.41) is 10.6. The van der Waals surface area contributed by atoms with Crippen molar-refractivity contribution in [1.29, 1.82) is 0 Å². The van der Waals surface area contributed by atoms with Crippen LogP contribution in [-0.4, -0.2) is 14.9 Å². The molecule has 2 aromatic rings. The number of aromatic nitrogens is 2. The molecule has 1 aromatic carbocycles. The minimum absolute atomic E-state index is 0.182. The molecule has 0 aliphatic heterocycles. The quantitative estimate of drug-likeness (QED) is 0.641. The lowest BCUT2D eigenvalue weighted by molar-refractivity contribution is -0.387. The van der Waals surface area contributed by atoms with Crippen molar-refractivity contribution >= 4 is 17.3 Å². The molecule has 0 atom stereocenters. The van der Waals surface area contributed by atoms with Crippen molar-refractivity contribution in [3.63, 3.8) is 0 Å². The van der Waals surface area contributed by atoms with Gasteiger partial charge in [-0.3, -0.25) is 15.1 Å². The molecule has 9 heteroatoms. The highest BCUT2D eigenvalue weighted by atomic mass is 35.5. The lowest BCUT2D eigenvalue weighted by Gasteiger charge is -2.06. The number of nitrogens with zero attached hydrogens (tertiary/aromatic N) is 3. The predicted molar refractivity (Wildman–Crippen MR) is 64.4 cm³/mol. The monoisotopic (exact) mass is 301 g/mol. The van der Waals surface area contributed by atoms with Crippen molar-refractivity contribution in [2.45, 2.75) is 6.61 Å². The van der Waals surface area contributed by atoms with Crippen LogP contribution in [0.2, 0.25) is 5.15 Å². The minimum atomic E-state index is -1.19. The topological polar surface area (TPSA) is 78.2 Å². The van der Waals surface area contributed by atoms with E-state index in [2.05, 4.69) is 9.97 Å². The van der Waals surface area contributed by atoms with E-state index in [0.717, 1.165) is 0 Å². The average molecular weight is 302 g/mol. The fraction of sp³-hybridized carbons (Fsp3) is 0.0909. The Morgan fingerprint density at radius 2 is 2.00 bits per heavy atom. The van der Waals surface area contributed by atoms with Crippen LogP contribution in [0.3, 0.4) is 0 Å². The molecule has 6 nitrogen and oxygen atoms in total. The van der Waals surface area contributed by atoms with Crippen LogP contribution in [-0.2, 0) is 6.61 Å². The summed E-state index contributed by atoms with van der Waals surface area (Å²) in [6.45, 7) is -0.182. The SMILES string of the molecule is O=[N+]([O-])c1cc(F)c(OCc2cnc(Cl)cn2)cc1F. The van der Waals surface area contributed by atoms with Gasteiger partial charge in [0.05, 0.1) is 29.1 Å². The molecule has 0 bridgehead atoms. The van der Waals surface area contributed by atoms with Crippen LogP contribution in [0.25, 0.3) is 0 Å². The molecule has 2 rings (SSSR count). The zero-order chi connectivity index (χ0) is 14.7. The summed E-state index contributed by atoms with van der Waals surface area (Å²) in [6, 6.07) is 1.06. The summed E-state index contributed by atoms with van der Waals surface area (Å²) in [5.74, 6) is -2.68. The number of benzene rings is 1. The molecule has 0 aliphatic rings. The highest BCUT2D eigenvalue weighted by Crippen LogP contribution is 2.26. The predicted octanol–water partition coefficient (Wildman–Crippen LogP) is 2.90. The molecule has 0 aliphatic carbocycles. The Kier molecular flexibility index (Phi) is 4.04. The molecule has 0 fully saturated rings. The lowest BCUT2D eigenvalue weighted by Crippen LogP contribution is -2.02. The molecule has 104 valence electrons. The molecule has 0 spiro atoms. The number of hydrogen-bond donors (Lipinski definition) is 0. The summed E-state index contributed by atoms with van der Waals surface area (Å²) in [4.78, 5) is 17.0. The maximum absolute atomic E-state index is 13.5. The van der Waals surface area contributed by atoms with Crippen LogP contribution < -0.4 is 4.74 Å². The molecule has 0 saturated heterocycles. The number of hydrogen-bond acceptors (Lipinski definition) is 5. The Labute approximate surface area is 116 Å². The van der Waals surface area contributed by atoms with Gasteiger partial charge in [0.2, 0.25) is 5.82 Å². The maximum atomic E-state index is 13.5. The van der Waals surface area contributed by atoms with E-state index in [-0.39, 0.29) is 11.8 Å². The number of nitro groups is 1. The van der Waals surface area contributed by atoms with Gasteiger partial charge in [-0.2, -0.15) is 4.39 Å². The molecule has 20 heavy (non-hydrogen) atoms. The summed E-state index contributed by atoms with van der Waals surface area (Å²) >= 11 is 5.53. The molecule has 0 saturated carbocycles. The first-order valence-electron chi connectivity index (χ1n) is 5.20. The smallest absolute Gasteiger partial charge is 0.307 e. The summed E-state index contributed by atoms with van der Waals surface area (Å²) in [6.07, 6.45) is 2.58. The van der Waals surface area contributed by atoms with Gasteiger partial charge in [-0.15, -0.1) is 0 Å². The van der Waals surface area contributed by atoms with Gasteiger partial charge >= 0.3 is 5.69 Å². The second kappa shape index (κ2) is 5.74. The molecular weight excluding hydrogens is 296 g/mol. The van der Waals surface area contributed by atoms with E-state index in [9.17, 15) is 18.9 Å². The van der Waals surface area contributed by atoms with Crippen molar-refractivity contribution in [1.82, 2.24) is 9.97 Å². The van der Waals surface area contributed by atoms with E-state index >= 15 is 0 Å². The zero-order valence-corrected chi connectivity index (χ0v) is 10.5. The number of nitro benzene ring substituents is 1. The van der Waals surface area contributed by atoms with Gasteiger partial charge in [0.1, 0.15) is 11.8 Å². The Balaban J connectivity index is 2.16. The maximum Gasteiger partial charge on any atom is 0.307 e. The molecule has 1 heterocycles. The first-order chi connectivity index (χ1) is 9.47. The lowest BCUT2D eigenvalue weighted by atomic mass is 10.3. The molecule has 0 amide bonds. The minimum Gasteiger partial charge on any atom is -0.484 e. The van der Waals surface area contributed by atoms with Crippen LogP contribution in [0.1, 0.15) is 5.69 Å². The van der Waals surface area contributed by atoms with Crippen LogP contribution in [0.5, 0.6) is 5.75 Å². The number of ether oxygens (including phenoxy) is 1. The van der Waals surface area contributed by atoms with Gasteiger partial charge < -0.3 is 4.74 Å². The standard InChI is InChI=1S/C11H6ClF2N3O3/c12-11-4-15-6(3-16-11)5-20-10-2-7(13)9(17(18)19)1-8(10)14/h1-4H,5H2. The molecular formula is C11H6ClF2N3O3. The van der Waals surface area contributed by atoms with Gasteiger partial charge in [0, 0.05) is 6.07 Å². The van der Waals surface area contributed by atoms with E-state index in [4.69, 9.17) is 16.3 Å². The van der Waals surface area contributed by atoms with Gasteiger partial charge in [0.25, 0.3) is 0 Å². The fourth-order valence-corrected chi connectivity index (χ4v) is 1.43. The zero-order valence-electron chi connectivity index (χ0n) is 9.72. The third-order valence-corrected chi connectivity index (χ3v) is 2.44. The van der Waals surface area contributed by atoms with E-state index in [1.165, 1.54) is 12.4 Å². The van der Waals surface area contributed by atoms with Crippen LogP contribution in [0, 0.1) is 21.7 Å². The largest absolute Gasteiger partial charge is 0.484 e. The summed E-state index contributed by atoms with van der Waals surface area (Å²) < 4.78 is 31.8. The molecule has 0 unspecified atom stereocenters. The van der Waals surface area contributed by atoms with Gasteiger partial charge in [-0.1, -0.05) is 11.6 Å². The number of halogens is 3. The highest BCUT2D eigenvalue weighted by molar-refractivity contribution is 6.29. The van der Waals surface area contributed by atoms with E-state index in [1.807, 2.05) is 0 Å².